The Morgan fingerprint density at radius 1 is 0.388 bits per heavy atom. The molecule has 0 amide bonds. The first-order chi connectivity index (χ1) is 31.5. The van der Waals surface area contributed by atoms with Crippen LogP contribution in [-0.2, 0) is 21.0 Å². The van der Waals surface area contributed by atoms with Crippen molar-refractivity contribution in [1.82, 2.24) is 0 Å². The van der Waals surface area contributed by atoms with E-state index in [1.54, 1.807) is 0 Å². The largest absolute Gasteiger partial charge is 0.718 e. The van der Waals surface area contributed by atoms with Gasteiger partial charge in [0.1, 0.15) is 11.6 Å². The van der Waals surface area contributed by atoms with Crippen LogP contribution in [0.15, 0.2) is 84.5 Å². The van der Waals surface area contributed by atoms with Gasteiger partial charge in [0.25, 0.3) is 11.7 Å². The first-order valence-electron chi connectivity index (χ1n) is 18.4. The molecule has 3 nitrogen and oxygen atoms in total. The second-order valence-electron chi connectivity index (χ2n) is 14.4. The van der Waals surface area contributed by atoms with Crippen molar-refractivity contribution in [3.8, 4) is 28.0 Å². The quantitative estimate of drug-likeness (QED) is 0.0657. The Labute approximate surface area is 359 Å². The normalized spacial score (nSPS) is 17.9. The second kappa shape index (κ2) is 15.5. The molecule has 2 unspecified atom stereocenters. The molecule has 0 heterocycles. The summed E-state index contributed by atoms with van der Waals surface area (Å²) in [6, 6.07) is 4.56. The SMILES string of the molecule is FC1=C(F)C(F)(OB(Oc2cc(F)cc(F)c2F)OC2(F)C(F)=C(F)c3c(-c4c(F)c(F)c(F)c5c(F)c(F)ccc45)cccc32)c2cccc(-c3c(F)c(F)c(F)c4c(F)c(F)ccc34)c21. The molecular weight excluding hydrogens is 948 g/mol. The van der Waals surface area contributed by atoms with Gasteiger partial charge >= 0.3 is 7.32 Å². The van der Waals surface area contributed by atoms with Crippen molar-refractivity contribution in [1.29, 1.82) is 0 Å². The third kappa shape index (κ3) is 6.40. The topological polar surface area (TPSA) is 27.7 Å². The van der Waals surface area contributed by atoms with Crippen molar-refractivity contribution in [2.24, 2.45) is 0 Å². The smallest absolute Gasteiger partial charge is 0.509 e. The van der Waals surface area contributed by atoms with Crippen LogP contribution in [0.25, 0.3) is 55.5 Å². The fraction of sp³-hybridized carbons (Fsp3) is 0.0455. The van der Waals surface area contributed by atoms with Crippen molar-refractivity contribution >= 4 is 40.5 Å². The van der Waals surface area contributed by atoms with Gasteiger partial charge in [-0.15, -0.1) is 0 Å². The van der Waals surface area contributed by atoms with Crippen LogP contribution in [-0.4, -0.2) is 7.32 Å². The minimum Gasteiger partial charge on any atom is -0.509 e. The van der Waals surface area contributed by atoms with E-state index in [1.165, 1.54) is 0 Å². The molecule has 2 aliphatic rings. The van der Waals surface area contributed by atoms with Gasteiger partial charge in [-0.25, -0.2) is 70.2 Å². The highest BCUT2D eigenvalue weighted by atomic mass is 19.2. The molecule has 23 heteroatoms. The summed E-state index contributed by atoms with van der Waals surface area (Å²) in [5.74, 6) is -49.8. The molecule has 0 spiro atoms. The lowest BCUT2D eigenvalue weighted by Gasteiger charge is -2.29. The molecule has 0 fully saturated rings. The highest BCUT2D eigenvalue weighted by Crippen LogP contribution is 2.57. The molecule has 0 bridgehead atoms. The van der Waals surface area contributed by atoms with Crippen LogP contribution in [0.3, 0.4) is 0 Å². The van der Waals surface area contributed by atoms with E-state index < -0.39 is 190 Å². The Morgan fingerprint density at radius 3 is 1.22 bits per heavy atom. The Kier molecular flexibility index (Phi) is 10.5. The molecule has 0 saturated carbocycles. The molecule has 0 N–H and O–H groups in total. The minimum atomic E-state index is -4.73. The summed E-state index contributed by atoms with van der Waals surface area (Å²) in [4.78, 5) is 0. The van der Waals surface area contributed by atoms with E-state index >= 15 is 39.5 Å². The standard InChI is InChI=1S/C44H12BF19O3/c46-13-11-22(49)30(50)23(12-13)65-45(66-43(63)18-5-1-3-14(26(18)37(57)41(43)61)24-16-7-9-20(47)31(51)28(16)35(55)39(59)33(24)53)67-44(64)19-6-2-4-15(27(19)38(58)42(44)62)25-17-8-10-21(48)32(52)29(17)36(56)40(60)34(25)54/h1-12H. The van der Waals surface area contributed by atoms with Crippen LogP contribution in [0.2, 0.25) is 0 Å². The van der Waals surface area contributed by atoms with Gasteiger partial charge in [0.05, 0.1) is 10.8 Å². The highest BCUT2D eigenvalue weighted by molar-refractivity contribution is 6.38. The summed E-state index contributed by atoms with van der Waals surface area (Å²) < 4.78 is 306. The summed E-state index contributed by atoms with van der Waals surface area (Å²) >= 11 is 0. The van der Waals surface area contributed by atoms with E-state index in [-0.39, 0.29) is 24.3 Å². The second-order valence-corrected chi connectivity index (χ2v) is 14.4. The molecule has 2 aliphatic carbocycles. The third-order valence-electron chi connectivity index (χ3n) is 10.8. The lowest BCUT2D eigenvalue weighted by Crippen LogP contribution is -2.44. The summed E-state index contributed by atoms with van der Waals surface area (Å²) in [6.07, 6.45) is 0. The zero-order valence-electron chi connectivity index (χ0n) is 31.9. The van der Waals surface area contributed by atoms with Gasteiger partial charge in [-0.05, 0) is 34.0 Å². The summed E-state index contributed by atoms with van der Waals surface area (Å²) in [5.41, 5.74) is -11.1. The van der Waals surface area contributed by atoms with Crippen molar-refractivity contribution in [3.05, 3.63) is 182 Å². The highest BCUT2D eigenvalue weighted by Gasteiger charge is 2.59. The molecule has 9 rings (SSSR count). The van der Waals surface area contributed by atoms with Gasteiger partial charge in [0, 0.05) is 45.5 Å². The van der Waals surface area contributed by atoms with Gasteiger partial charge in [-0.2, -0.15) is 13.2 Å². The fourth-order valence-corrected chi connectivity index (χ4v) is 7.90. The number of halogens is 19. The Balaban J connectivity index is 1.21. The number of benzene rings is 7. The fourth-order valence-electron chi connectivity index (χ4n) is 7.90. The molecular formula is C44H12BF19O3. The predicted molar refractivity (Wildman–Crippen MR) is 197 cm³/mol. The minimum absolute atomic E-state index is 0.0766. The first-order valence-corrected chi connectivity index (χ1v) is 18.4. The van der Waals surface area contributed by atoms with Crippen molar-refractivity contribution in [2.45, 2.75) is 11.7 Å². The lowest BCUT2D eigenvalue weighted by atomic mass is 9.90. The average molecular weight is 960 g/mol. The molecule has 342 valence electrons. The van der Waals surface area contributed by atoms with E-state index in [2.05, 4.69) is 0 Å². The van der Waals surface area contributed by atoms with Gasteiger partial charge in [0.2, 0.25) is 11.7 Å². The number of hydrogen-bond donors (Lipinski definition) is 0. The maximum atomic E-state index is 17.3. The molecule has 0 aliphatic heterocycles. The van der Waals surface area contributed by atoms with Crippen LogP contribution in [0.4, 0.5) is 83.4 Å². The number of alkyl halides is 2. The summed E-state index contributed by atoms with van der Waals surface area (Å²) in [7, 11) is -3.78. The summed E-state index contributed by atoms with van der Waals surface area (Å²) in [5, 5.41) is -5.25. The predicted octanol–water partition coefficient (Wildman–Crippen LogP) is 14.4. The number of rotatable bonds is 8. The zero-order valence-corrected chi connectivity index (χ0v) is 31.9. The number of hydrogen-bond acceptors (Lipinski definition) is 3. The monoisotopic (exact) mass is 960 g/mol. The Morgan fingerprint density at radius 2 is 0.806 bits per heavy atom. The first kappa shape index (κ1) is 45.2. The Hall–Kier alpha value is -7.01. The zero-order chi connectivity index (χ0) is 48.5. The molecule has 2 atom stereocenters. The van der Waals surface area contributed by atoms with E-state index in [4.69, 9.17) is 14.0 Å². The maximum absolute atomic E-state index is 17.3. The van der Waals surface area contributed by atoms with Crippen LogP contribution < -0.4 is 4.65 Å². The average Bonchev–Trinajstić information content (AvgIpc) is 3.60. The van der Waals surface area contributed by atoms with Gasteiger partial charge in [-0.3, -0.25) is 0 Å². The molecule has 67 heavy (non-hydrogen) atoms. The van der Waals surface area contributed by atoms with Crippen molar-refractivity contribution in [3.63, 3.8) is 0 Å². The van der Waals surface area contributed by atoms with E-state index in [0.29, 0.717) is 48.5 Å². The van der Waals surface area contributed by atoms with Crippen LogP contribution in [0.1, 0.15) is 22.3 Å². The van der Waals surface area contributed by atoms with Gasteiger partial charge in [-0.1, -0.05) is 48.5 Å². The molecule has 0 radical (unpaired) electrons. The summed E-state index contributed by atoms with van der Waals surface area (Å²) in [6.45, 7) is 0. The van der Waals surface area contributed by atoms with E-state index in [9.17, 15) is 43.9 Å². The third-order valence-corrected chi connectivity index (χ3v) is 10.8. The molecule has 0 aromatic heterocycles. The Bertz CT molecular complexity index is 3240. The maximum Gasteiger partial charge on any atom is 0.718 e. The van der Waals surface area contributed by atoms with E-state index in [0.717, 1.165) is 0 Å². The van der Waals surface area contributed by atoms with Crippen LogP contribution in [0.5, 0.6) is 5.75 Å². The van der Waals surface area contributed by atoms with Crippen molar-refractivity contribution < 1.29 is 97.4 Å². The lowest BCUT2D eigenvalue weighted by molar-refractivity contribution is -0.131. The molecule has 7 aromatic carbocycles. The van der Waals surface area contributed by atoms with Gasteiger partial charge in [0.15, 0.2) is 81.5 Å². The number of fused-ring (bicyclic) bond motifs is 4. The van der Waals surface area contributed by atoms with Crippen LogP contribution >= 0.6 is 0 Å². The van der Waals surface area contributed by atoms with E-state index in [1.807, 2.05) is 0 Å². The molecule has 0 saturated heterocycles. The van der Waals surface area contributed by atoms with Crippen LogP contribution in [0, 0.1) is 75.6 Å². The molecule has 7 aromatic rings. The van der Waals surface area contributed by atoms with Crippen molar-refractivity contribution in [2.75, 3.05) is 0 Å². The van der Waals surface area contributed by atoms with Gasteiger partial charge < -0.3 is 14.0 Å².